The number of ether oxygens (including phenoxy) is 3. The molecule has 1 saturated heterocycles. The minimum Gasteiger partial charge on any atom is -0.508 e. The lowest BCUT2D eigenvalue weighted by Crippen LogP contribution is -2.33. The van der Waals surface area contributed by atoms with Crippen LogP contribution >= 0.6 is 11.3 Å². The van der Waals surface area contributed by atoms with Gasteiger partial charge in [-0.25, -0.2) is 4.79 Å². The van der Waals surface area contributed by atoms with E-state index in [1.807, 2.05) is 12.1 Å². The van der Waals surface area contributed by atoms with E-state index in [4.69, 9.17) is 9.47 Å². The van der Waals surface area contributed by atoms with Gasteiger partial charge >= 0.3 is 6.16 Å². The number of phenolic OH excluding ortho intramolecular Hbond substituents is 1. The Morgan fingerprint density at radius 2 is 1.63 bits per heavy atom. The Balaban J connectivity index is 1.41. The fraction of sp³-hybridized carbons (Fsp3) is 0.267. The molecule has 1 aliphatic heterocycles. The van der Waals surface area contributed by atoms with Gasteiger partial charge < -0.3 is 19.3 Å². The number of benzene rings is 3. The number of nitrogens with zero attached hydrogens (tertiary/aromatic N) is 1. The molecule has 0 unspecified atom stereocenters. The second-order valence-corrected chi connectivity index (χ2v) is 10.2. The van der Waals surface area contributed by atoms with Crippen molar-refractivity contribution in [3.63, 3.8) is 0 Å². The fourth-order valence-electron chi connectivity index (χ4n) is 4.64. The van der Waals surface area contributed by atoms with E-state index >= 15 is 0 Å². The lowest BCUT2D eigenvalue weighted by molar-refractivity contribution is 0.104. The standard InChI is InChI=1S/C30H29NO6S/c1-35-30(34)37-24-13-14-25-26(19-24)38-29(21-5-9-22(32)10-6-21)27(25)28(33)20-7-11-23(12-8-20)36-18-17-31-15-3-2-4-16-31/h5-14,19,32H,2-4,15-18H2,1H3. The van der Waals surface area contributed by atoms with E-state index in [1.165, 1.54) is 37.7 Å². The maximum absolute atomic E-state index is 13.8. The van der Waals surface area contributed by atoms with E-state index in [2.05, 4.69) is 9.64 Å². The number of thiophene rings is 1. The monoisotopic (exact) mass is 531 g/mol. The lowest BCUT2D eigenvalue weighted by atomic mass is 9.97. The second kappa shape index (κ2) is 11.7. The quantitative estimate of drug-likeness (QED) is 0.157. The van der Waals surface area contributed by atoms with Gasteiger partial charge in [0.25, 0.3) is 0 Å². The Bertz CT molecular complexity index is 1420. The summed E-state index contributed by atoms with van der Waals surface area (Å²) in [6.45, 7) is 3.78. The van der Waals surface area contributed by atoms with Gasteiger partial charge in [0, 0.05) is 32.6 Å². The van der Waals surface area contributed by atoms with Crippen LogP contribution in [0.1, 0.15) is 35.2 Å². The van der Waals surface area contributed by atoms with E-state index < -0.39 is 6.16 Å². The molecular formula is C30H29NO6S. The van der Waals surface area contributed by atoms with Crippen molar-refractivity contribution in [2.45, 2.75) is 19.3 Å². The highest BCUT2D eigenvalue weighted by Crippen LogP contribution is 2.41. The molecule has 196 valence electrons. The maximum Gasteiger partial charge on any atom is 0.513 e. The van der Waals surface area contributed by atoms with E-state index in [9.17, 15) is 14.7 Å². The number of carbonyl (C=O) groups is 2. The first-order chi connectivity index (χ1) is 18.5. The largest absolute Gasteiger partial charge is 0.513 e. The number of hydrogen-bond acceptors (Lipinski definition) is 8. The van der Waals surface area contributed by atoms with Crippen LogP contribution in [0.4, 0.5) is 4.79 Å². The molecule has 0 atom stereocenters. The molecule has 38 heavy (non-hydrogen) atoms. The molecule has 0 saturated carbocycles. The Labute approximate surface area is 225 Å². The molecule has 3 aromatic carbocycles. The fourth-order valence-corrected chi connectivity index (χ4v) is 5.88. The molecule has 8 heteroatoms. The van der Waals surface area contributed by atoms with Crippen molar-refractivity contribution < 1.29 is 28.9 Å². The predicted octanol–water partition coefficient (Wildman–Crippen LogP) is 6.51. The molecule has 0 amide bonds. The van der Waals surface area contributed by atoms with Crippen LogP contribution in [0.25, 0.3) is 20.5 Å². The van der Waals surface area contributed by atoms with Gasteiger partial charge in [-0.15, -0.1) is 11.3 Å². The minimum atomic E-state index is -0.811. The summed E-state index contributed by atoms with van der Waals surface area (Å²) < 4.78 is 16.5. The number of carbonyl (C=O) groups excluding carboxylic acids is 2. The van der Waals surface area contributed by atoms with Gasteiger partial charge in [0.1, 0.15) is 23.9 Å². The van der Waals surface area contributed by atoms with Crippen molar-refractivity contribution in [1.82, 2.24) is 4.90 Å². The van der Waals surface area contributed by atoms with E-state index in [0.717, 1.165) is 45.9 Å². The summed E-state index contributed by atoms with van der Waals surface area (Å²) in [7, 11) is 1.25. The van der Waals surface area contributed by atoms with Crippen molar-refractivity contribution in [3.8, 4) is 27.7 Å². The summed E-state index contributed by atoms with van der Waals surface area (Å²) in [6, 6.07) is 19.1. The first-order valence-corrected chi connectivity index (χ1v) is 13.4. The molecule has 7 nitrogen and oxygen atoms in total. The SMILES string of the molecule is COC(=O)Oc1ccc2c(C(=O)c3ccc(OCCN4CCCCC4)cc3)c(-c3ccc(O)cc3)sc2c1. The summed E-state index contributed by atoms with van der Waals surface area (Å²) >= 11 is 1.42. The molecule has 5 rings (SSSR count). The van der Waals surface area contributed by atoms with Crippen molar-refractivity contribution >= 4 is 33.4 Å². The Hall–Kier alpha value is -3.88. The van der Waals surface area contributed by atoms with Crippen molar-refractivity contribution in [2.24, 2.45) is 0 Å². The summed E-state index contributed by atoms with van der Waals surface area (Å²) in [5.74, 6) is 1.08. The average molecular weight is 532 g/mol. The first-order valence-electron chi connectivity index (χ1n) is 12.6. The lowest BCUT2D eigenvalue weighted by Gasteiger charge is -2.26. The zero-order valence-electron chi connectivity index (χ0n) is 21.1. The van der Waals surface area contributed by atoms with Gasteiger partial charge in [-0.3, -0.25) is 9.69 Å². The third kappa shape index (κ3) is 5.82. The van der Waals surface area contributed by atoms with E-state index in [0.29, 0.717) is 23.5 Å². The normalized spacial score (nSPS) is 13.8. The number of aromatic hydroxyl groups is 1. The summed E-state index contributed by atoms with van der Waals surface area (Å²) in [6.07, 6.45) is 3.00. The molecule has 0 spiro atoms. The second-order valence-electron chi connectivity index (χ2n) is 9.17. The van der Waals surface area contributed by atoms with Crippen LogP contribution in [0, 0.1) is 0 Å². The molecule has 0 radical (unpaired) electrons. The van der Waals surface area contributed by atoms with E-state index in [-0.39, 0.29) is 11.5 Å². The van der Waals surface area contributed by atoms with Gasteiger partial charge in [0.15, 0.2) is 5.78 Å². The Morgan fingerprint density at radius 3 is 2.34 bits per heavy atom. The number of rotatable bonds is 8. The number of ketones is 1. The number of fused-ring (bicyclic) bond motifs is 1. The molecule has 1 fully saturated rings. The maximum atomic E-state index is 13.8. The minimum absolute atomic E-state index is 0.124. The van der Waals surface area contributed by atoms with Crippen molar-refractivity contribution in [2.75, 3.05) is 33.4 Å². The molecule has 4 aromatic rings. The van der Waals surface area contributed by atoms with Crippen LogP contribution in [-0.4, -0.2) is 55.3 Å². The van der Waals surface area contributed by atoms with Gasteiger partial charge in [0.05, 0.1) is 7.11 Å². The van der Waals surface area contributed by atoms with E-state index in [1.54, 1.807) is 54.6 Å². The zero-order chi connectivity index (χ0) is 26.5. The third-order valence-corrected chi connectivity index (χ3v) is 7.83. The van der Waals surface area contributed by atoms with Crippen LogP contribution in [0.15, 0.2) is 66.7 Å². The van der Waals surface area contributed by atoms with Gasteiger partial charge in [0.2, 0.25) is 0 Å². The number of hydrogen-bond donors (Lipinski definition) is 1. The Kier molecular flexibility index (Phi) is 7.91. The van der Waals surface area contributed by atoms with Crippen LogP contribution in [0.5, 0.6) is 17.2 Å². The molecule has 1 aliphatic rings. The summed E-state index contributed by atoms with van der Waals surface area (Å²) in [5.41, 5.74) is 1.91. The molecule has 0 aliphatic carbocycles. The van der Waals surface area contributed by atoms with Crippen LogP contribution in [0.2, 0.25) is 0 Å². The number of methoxy groups -OCH3 is 1. The van der Waals surface area contributed by atoms with Gasteiger partial charge in [-0.05, 0) is 98.2 Å². The number of piperidine rings is 1. The highest BCUT2D eigenvalue weighted by atomic mass is 32.1. The first kappa shape index (κ1) is 25.8. The average Bonchev–Trinajstić information content (AvgIpc) is 3.32. The zero-order valence-corrected chi connectivity index (χ0v) is 22.0. The van der Waals surface area contributed by atoms with Crippen LogP contribution in [-0.2, 0) is 4.74 Å². The molecule has 0 bridgehead atoms. The highest BCUT2D eigenvalue weighted by molar-refractivity contribution is 7.22. The highest BCUT2D eigenvalue weighted by Gasteiger charge is 2.22. The molecule has 2 heterocycles. The van der Waals surface area contributed by atoms with Crippen molar-refractivity contribution in [3.05, 3.63) is 77.9 Å². The molecule has 1 N–H and O–H groups in total. The van der Waals surface area contributed by atoms with Gasteiger partial charge in [-0.2, -0.15) is 0 Å². The predicted molar refractivity (Wildman–Crippen MR) is 148 cm³/mol. The van der Waals surface area contributed by atoms with Crippen molar-refractivity contribution in [1.29, 1.82) is 0 Å². The Morgan fingerprint density at radius 1 is 0.921 bits per heavy atom. The number of phenols is 1. The molecule has 1 aromatic heterocycles. The van der Waals surface area contributed by atoms with Crippen LogP contribution < -0.4 is 9.47 Å². The third-order valence-electron chi connectivity index (χ3n) is 6.63. The number of likely N-dealkylation sites (tertiary alicyclic amines) is 1. The summed E-state index contributed by atoms with van der Waals surface area (Å²) in [5, 5.41) is 10.5. The molecular weight excluding hydrogens is 502 g/mol. The summed E-state index contributed by atoms with van der Waals surface area (Å²) in [4.78, 5) is 28.6. The smallest absolute Gasteiger partial charge is 0.508 e. The van der Waals surface area contributed by atoms with Crippen LogP contribution in [0.3, 0.4) is 0 Å². The topological polar surface area (TPSA) is 85.3 Å². The van der Waals surface area contributed by atoms with Gasteiger partial charge in [-0.1, -0.05) is 6.42 Å².